The van der Waals surface area contributed by atoms with Crippen LogP contribution >= 0.6 is 0 Å². The molecule has 2 aliphatic rings. The predicted octanol–water partition coefficient (Wildman–Crippen LogP) is 2.15. The van der Waals surface area contributed by atoms with Crippen molar-refractivity contribution in [2.24, 2.45) is 5.41 Å². The van der Waals surface area contributed by atoms with Gasteiger partial charge in [0.1, 0.15) is 29.3 Å². The number of carbonyl (C=O) groups is 1. The number of aromatic nitrogens is 2. The van der Waals surface area contributed by atoms with E-state index in [1.807, 2.05) is 37.5 Å². The van der Waals surface area contributed by atoms with Gasteiger partial charge >= 0.3 is 5.97 Å². The van der Waals surface area contributed by atoms with Crippen molar-refractivity contribution in [3.63, 3.8) is 0 Å². The Morgan fingerprint density at radius 2 is 2.30 bits per heavy atom. The molecular formula is C20H25N3O4. The molecule has 144 valence electrons. The van der Waals surface area contributed by atoms with Crippen LogP contribution in [0.2, 0.25) is 0 Å². The maximum absolute atomic E-state index is 12.2. The zero-order chi connectivity index (χ0) is 19.0. The van der Waals surface area contributed by atoms with Gasteiger partial charge in [-0.25, -0.2) is 4.98 Å². The van der Waals surface area contributed by atoms with Crippen LogP contribution in [-0.4, -0.2) is 58.9 Å². The third kappa shape index (κ3) is 3.06. The molecule has 1 aromatic carbocycles. The van der Waals surface area contributed by atoms with E-state index in [9.17, 15) is 9.90 Å². The molecule has 1 aromatic heterocycles. The molecule has 0 amide bonds. The molecule has 0 radical (unpaired) electrons. The normalized spacial score (nSPS) is 24.1. The number of aliphatic carboxylic acids is 1. The zero-order valence-electron chi connectivity index (χ0n) is 15.7. The summed E-state index contributed by atoms with van der Waals surface area (Å²) in [5.74, 6) is 1.62. The lowest BCUT2D eigenvalue weighted by Crippen LogP contribution is -2.45. The second-order valence-corrected chi connectivity index (χ2v) is 7.46. The second kappa shape index (κ2) is 6.88. The number of carboxylic acid groups (broad SMARTS) is 1. The van der Waals surface area contributed by atoms with Gasteiger partial charge in [-0.15, -0.1) is 0 Å². The maximum atomic E-state index is 12.2. The lowest BCUT2D eigenvalue weighted by Gasteiger charge is -2.36. The Balaban J connectivity index is 1.50. The van der Waals surface area contributed by atoms with Crippen LogP contribution in [0.4, 0.5) is 0 Å². The Morgan fingerprint density at radius 3 is 3.00 bits per heavy atom. The summed E-state index contributed by atoms with van der Waals surface area (Å²) in [6, 6.07) is 5.68. The van der Waals surface area contributed by atoms with Gasteiger partial charge in [0.05, 0.1) is 7.11 Å². The molecule has 1 fully saturated rings. The Labute approximate surface area is 158 Å². The average Bonchev–Trinajstić information content (AvgIpc) is 3.25. The number of likely N-dealkylation sites (tertiary alicyclic amines) is 1. The highest BCUT2D eigenvalue weighted by molar-refractivity contribution is 5.78. The van der Waals surface area contributed by atoms with Crippen LogP contribution < -0.4 is 9.47 Å². The summed E-state index contributed by atoms with van der Waals surface area (Å²) in [5.41, 5.74) is 0.0874. The van der Waals surface area contributed by atoms with Gasteiger partial charge in [-0.3, -0.25) is 4.79 Å². The first-order chi connectivity index (χ1) is 13.0. The summed E-state index contributed by atoms with van der Waals surface area (Å²) in [6.07, 6.45) is 4.74. The number of carboxylic acids is 1. The van der Waals surface area contributed by atoms with Crippen molar-refractivity contribution in [1.29, 1.82) is 0 Å². The Bertz CT molecular complexity index is 850. The number of hydrogen-bond acceptors (Lipinski definition) is 5. The SMILES string of the molecule is COc1ccc2c(c1)OC[C@]1(C(=O)O)CN(CCCn3ccnc3C)C[C@H]21. The molecule has 3 heterocycles. The summed E-state index contributed by atoms with van der Waals surface area (Å²) in [6.45, 7) is 5.18. The first kappa shape index (κ1) is 17.9. The number of nitrogens with zero attached hydrogens (tertiary/aromatic N) is 3. The Morgan fingerprint density at radius 1 is 1.44 bits per heavy atom. The van der Waals surface area contributed by atoms with E-state index in [2.05, 4.69) is 14.5 Å². The second-order valence-electron chi connectivity index (χ2n) is 7.46. The molecule has 2 aliphatic heterocycles. The molecule has 0 aliphatic carbocycles. The van der Waals surface area contributed by atoms with E-state index in [1.165, 1.54) is 0 Å². The number of rotatable bonds is 6. The predicted molar refractivity (Wildman–Crippen MR) is 99.3 cm³/mol. The summed E-state index contributed by atoms with van der Waals surface area (Å²) in [7, 11) is 1.62. The molecule has 2 atom stereocenters. The van der Waals surface area contributed by atoms with E-state index in [-0.39, 0.29) is 12.5 Å². The van der Waals surface area contributed by atoms with Gasteiger partial charge in [0.25, 0.3) is 0 Å². The molecule has 4 rings (SSSR count). The third-order valence-electron chi connectivity index (χ3n) is 5.92. The highest BCUT2D eigenvalue weighted by Crippen LogP contribution is 2.50. The molecule has 0 unspecified atom stereocenters. The molecule has 7 heteroatoms. The molecule has 0 spiro atoms. The standard InChI is InChI=1S/C20H25N3O4/c1-14-21-6-9-23(14)8-3-7-22-11-17-16-5-4-15(26-2)10-18(16)27-13-20(17,12-22)19(24)25/h4-6,9-10,17H,3,7-8,11-13H2,1-2H3,(H,24,25)/t17-,20-/m1/s1. The summed E-state index contributed by atoms with van der Waals surface area (Å²) >= 11 is 0. The van der Waals surface area contributed by atoms with Gasteiger partial charge < -0.3 is 24.0 Å². The highest BCUT2D eigenvalue weighted by atomic mass is 16.5. The van der Waals surface area contributed by atoms with Gasteiger partial charge in [-0.05, 0) is 26.0 Å². The van der Waals surface area contributed by atoms with E-state index in [1.54, 1.807) is 7.11 Å². The van der Waals surface area contributed by atoms with Crippen LogP contribution in [0.1, 0.15) is 23.7 Å². The third-order valence-corrected chi connectivity index (χ3v) is 5.92. The van der Waals surface area contributed by atoms with Crippen molar-refractivity contribution >= 4 is 5.97 Å². The minimum Gasteiger partial charge on any atom is -0.497 e. The number of ether oxygens (including phenoxy) is 2. The van der Waals surface area contributed by atoms with Crippen molar-refractivity contribution in [3.8, 4) is 11.5 Å². The number of imidazole rings is 1. The molecule has 0 saturated carbocycles. The van der Waals surface area contributed by atoms with Gasteiger partial charge in [0.15, 0.2) is 0 Å². The largest absolute Gasteiger partial charge is 0.497 e. The number of aryl methyl sites for hydroxylation is 2. The van der Waals surface area contributed by atoms with Gasteiger partial charge in [-0.1, -0.05) is 6.07 Å². The summed E-state index contributed by atoms with van der Waals surface area (Å²) in [5, 5.41) is 10.0. The lowest BCUT2D eigenvalue weighted by atomic mass is 9.73. The number of fused-ring (bicyclic) bond motifs is 3. The van der Waals surface area contributed by atoms with Crippen LogP contribution in [0.15, 0.2) is 30.6 Å². The molecule has 27 heavy (non-hydrogen) atoms. The molecular weight excluding hydrogens is 346 g/mol. The Hall–Kier alpha value is -2.54. The fraction of sp³-hybridized carbons (Fsp3) is 0.500. The highest BCUT2D eigenvalue weighted by Gasteiger charge is 2.56. The fourth-order valence-corrected chi connectivity index (χ4v) is 4.36. The van der Waals surface area contributed by atoms with Gasteiger partial charge in [0, 0.05) is 49.6 Å². The fourth-order valence-electron chi connectivity index (χ4n) is 4.36. The molecule has 0 bridgehead atoms. The smallest absolute Gasteiger partial charge is 0.315 e. The first-order valence-electron chi connectivity index (χ1n) is 9.28. The first-order valence-corrected chi connectivity index (χ1v) is 9.28. The molecule has 7 nitrogen and oxygen atoms in total. The zero-order valence-corrected chi connectivity index (χ0v) is 15.7. The van der Waals surface area contributed by atoms with Crippen molar-refractivity contribution in [2.45, 2.75) is 25.8 Å². The van der Waals surface area contributed by atoms with Crippen LogP contribution in [-0.2, 0) is 11.3 Å². The number of methoxy groups -OCH3 is 1. The molecule has 1 saturated heterocycles. The van der Waals surface area contributed by atoms with Crippen molar-refractivity contribution in [2.75, 3.05) is 33.4 Å². The van der Waals surface area contributed by atoms with Crippen LogP contribution in [0.25, 0.3) is 0 Å². The minimum atomic E-state index is -0.882. The van der Waals surface area contributed by atoms with Crippen LogP contribution in [0.5, 0.6) is 11.5 Å². The topological polar surface area (TPSA) is 76.8 Å². The van der Waals surface area contributed by atoms with E-state index >= 15 is 0 Å². The van der Waals surface area contributed by atoms with E-state index < -0.39 is 11.4 Å². The van der Waals surface area contributed by atoms with Gasteiger partial charge in [0.2, 0.25) is 0 Å². The van der Waals surface area contributed by atoms with Crippen LogP contribution in [0.3, 0.4) is 0 Å². The maximum Gasteiger partial charge on any atom is 0.315 e. The molecule has 2 aromatic rings. The lowest BCUT2D eigenvalue weighted by molar-refractivity contribution is -0.151. The van der Waals surface area contributed by atoms with Crippen LogP contribution in [0, 0.1) is 12.3 Å². The van der Waals surface area contributed by atoms with Crippen molar-refractivity contribution < 1.29 is 19.4 Å². The van der Waals surface area contributed by atoms with Crippen molar-refractivity contribution in [1.82, 2.24) is 14.5 Å². The Kier molecular flexibility index (Phi) is 4.55. The van der Waals surface area contributed by atoms with E-state index in [4.69, 9.17) is 9.47 Å². The number of hydrogen-bond donors (Lipinski definition) is 1. The van der Waals surface area contributed by atoms with E-state index in [0.29, 0.717) is 6.54 Å². The van der Waals surface area contributed by atoms with Crippen molar-refractivity contribution in [3.05, 3.63) is 42.0 Å². The monoisotopic (exact) mass is 371 g/mol. The molecule has 1 N–H and O–H groups in total. The minimum absolute atomic E-state index is 0.0698. The quantitative estimate of drug-likeness (QED) is 0.839. The number of benzene rings is 1. The average molecular weight is 371 g/mol. The van der Waals surface area contributed by atoms with Gasteiger partial charge in [-0.2, -0.15) is 0 Å². The van der Waals surface area contributed by atoms with E-state index in [0.717, 1.165) is 48.9 Å². The summed E-state index contributed by atoms with van der Waals surface area (Å²) in [4.78, 5) is 18.7. The summed E-state index contributed by atoms with van der Waals surface area (Å²) < 4.78 is 13.3.